The molecule has 4 nitrogen and oxygen atoms in total. The fourth-order valence-electron chi connectivity index (χ4n) is 3.58. The molecule has 1 atom stereocenters. The zero-order valence-electron chi connectivity index (χ0n) is 12.6. The summed E-state index contributed by atoms with van der Waals surface area (Å²) in [7, 11) is 0. The molecule has 0 bridgehead atoms. The Balaban J connectivity index is 1.59. The Morgan fingerprint density at radius 2 is 2.00 bits per heavy atom. The third kappa shape index (κ3) is 3.56. The van der Waals surface area contributed by atoms with Crippen LogP contribution >= 0.6 is 0 Å². The van der Waals surface area contributed by atoms with Crippen LogP contribution in [0.5, 0.6) is 0 Å². The largest absolute Gasteiger partial charge is 0.399 e. The van der Waals surface area contributed by atoms with Gasteiger partial charge in [-0.2, -0.15) is 0 Å². The van der Waals surface area contributed by atoms with Crippen LogP contribution in [0.1, 0.15) is 31.2 Å². The normalized spacial score (nSPS) is 23.4. The maximum atomic E-state index is 12.5. The molecule has 4 heteroatoms. The van der Waals surface area contributed by atoms with E-state index in [4.69, 9.17) is 5.73 Å². The first kappa shape index (κ1) is 14.4. The Morgan fingerprint density at radius 3 is 2.76 bits per heavy atom. The van der Waals surface area contributed by atoms with Gasteiger partial charge < -0.3 is 10.6 Å². The highest BCUT2D eigenvalue weighted by Gasteiger charge is 2.29. The van der Waals surface area contributed by atoms with E-state index in [0.717, 1.165) is 30.8 Å². The third-order valence-electron chi connectivity index (χ3n) is 4.71. The maximum absolute atomic E-state index is 12.5. The van der Waals surface area contributed by atoms with Gasteiger partial charge in [-0.3, -0.25) is 9.69 Å². The molecule has 2 saturated heterocycles. The fourth-order valence-corrected chi connectivity index (χ4v) is 3.58. The average molecular weight is 287 g/mol. The van der Waals surface area contributed by atoms with Crippen molar-refractivity contribution in [1.29, 1.82) is 0 Å². The van der Waals surface area contributed by atoms with Gasteiger partial charge in [0.15, 0.2) is 0 Å². The number of nitrogens with zero attached hydrogens (tertiary/aromatic N) is 2. The molecular weight excluding hydrogens is 262 g/mol. The molecule has 2 heterocycles. The second kappa shape index (κ2) is 6.48. The highest BCUT2D eigenvalue weighted by Crippen LogP contribution is 2.21. The van der Waals surface area contributed by atoms with Gasteiger partial charge in [0.1, 0.15) is 0 Å². The van der Waals surface area contributed by atoms with E-state index in [1.165, 1.54) is 32.4 Å². The van der Waals surface area contributed by atoms with Crippen molar-refractivity contribution in [1.82, 2.24) is 9.80 Å². The smallest absolute Gasteiger partial charge is 0.227 e. The van der Waals surface area contributed by atoms with E-state index in [2.05, 4.69) is 9.80 Å². The fraction of sp³-hybridized carbons (Fsp3) is 0.588. The summed E-state index contributed by atoms with van der Waals surface area (Å²) >= 11 is 0. The molecule has 0 aliphatic carbocycles. The lowest BCUT2D eigenvalue weighted by Crippen LogP contribution is -2.49. The van der Waals surface area contributed by atoms with Gasteiger partial charge in [0, 0.05) is 24.8 Å². The summed E-state index contributed by atoms with van der Waals surface area (Å²) in [5.41, 5.74) is 7.53. The average Bonchev–Trinajstić information content (AvgIpc) is 3.02. The summed E-state index contributed by atoms with van der Waals surface area (Å²) in [6, 6.07) is 8.24. The van der Waals surface area contributed by atoms with Gasteiger partial charge in [-0.1, -0.05) is 12.1 Å². The van der Waals surface area contributed by atoms with E-state index in [0.29, 0.717) is 12.5 Å². The van der Waals surface area contributed by atoms with Crippen molar-refractivity contribution in [3.05, 3.63) is 29.8 Å². The molecule has 1 aromatic carbocycles. The van der Waals surface area contributed by atoms with Crippen molar-refractivity contribution in [3.63, 3.8) is 0 Å². The highest BCUT2D eigenvalue weighted by atomic mass is 16.2. The summed E-state index contributed by atoms with van der Waals surface area (Å²) < 4.78 is 0. The Hall–Kier alpha value is -1.55. The van der Waals surface area contributed by atoms with E-state index in [9.17, 15) is 4.79 Å². The van der Waals surface area contributed by atoms with Crippen LogP contribution in [0.3, 0.4) is 0 Å². The predicted molar refractivity (Wildman–Crippen MR) is 85.0 cm³/mol. The van der Waals surface area contributed by atoms with Crippen LogP contribution < -0.4 is 5.73 Å². The topological polar surface area (TPSA) is 49.6 Å². The molecule has 1 unspecified atom stereocenters. The monoisotopic (exact) mass is 287 g/mol. The molecule has 21 heavy (non-hydrogen) atoms. The van der Waals surface area contributed by atoms with Crippen molar-refractivity contribution in [2.45, 2.75) is 38.1 Å². The van der Waals surface area contributed by atoms with Gasteiger partial charge in [0.05, 0.1) is 6.42 Å². The van der Waals surface area contributed by atoms with E-state index >= 15 is 0 Å². The second-order valence-corrected chi connectivity index (χ2v) is 6.30. The molecule has 1 amide bonds. The number of rotatable bonds is 3. The molecule has 3 rings (SSSR count). The van der Waals surface area contributed by atoms with Gasteiger partial charge >= 0.3 is 0 Å². The lowest BCUT2D eigenvalue weighted by atomic mass is 10.0. The second-order valence-electron chi connectivity index (χ2n) is 6.30. The highest BCUT2D eigenvalue weighted by molar-refractivity contribution is 5.79. The molecule has 1 aromatic rings. The molecule has 0 spiro atoms. The summed E-state index contributed by atoms with van der Waals surface area (Å²) in [6.07, 6.45) is 5.46. The van der Waals surface area contributed by atoms with Crippen LogP contribution in [0.25, 0.3) is 0 Å². The quantitative estimate of drug-likeness (QED) is 0.864. The number of anilines is 1. The molecule has 0 saturated carbocycles. The number of nitrogen functional groups attached to an aromatic ring is 1. The minimum absolute atomic E-state index is 0.240. The number of hydrogen-bond acceptors (Lipinski definition) is 3. The number of carbonyl (C=O) groups excluding carboxylic acids is 1. The number of carbonyl (C=O) groups is 1. The number of benzene rings is 1. The zero-order valence-corrected chi connectivity index (χ0v) is 12.6. The predicted octanol–water partition coefficient (Wildman–Crippen LogP) is 1.90. The van der Waals surface area contributed by atoms with Gasteiger partial charge in [0.2, 0.25) is 5.91 Å². The van der Waals surface area contributed by atoms with Crippen molar-refractivity contribution in [2.75, 3.05) is 31.9 Å². The molecular formula is C17H25N3O. The van der Waals surface area contributed by atoms with Crippen molar-refractivity contribution in [3.8, 4) is 0 Å². The first-order valence-electron chi connectivity index (χ1n) is 8.08. The molecule has 0 radical (unpaired) electrons. The van der Waals surface area contributed by atoms with Crippen LogP contribution in [0.4, 0.5) is 5.69 Å². The number of piperidine rings is 1. The Kier molecular flexibility index (Phi) is 4.44. The van der Waals surface area contributed by atoms with E-state index in [-0.39, 0.29) is 5.91 Å². The van der Waals surface area contributed by atoms with E-state index < -0.39 is 0 Å². The first-order chi connectivity index (χ1) is 10.2. The van der Waals surface area contributed by atoms with Crippen molar-refractivity contribution in [2.24, 2.45) is 0 Å². The minimum Gasteiger partial charge on any atom is -0.399 e. The Labute approximate surface area is 126 Å². The van der Waals surface area contributed by atoms with Gasteiger partial charge in [0.25, 0.3) is 0 Å². The third-order valence-corrected chi connectivity index (χ3v) is 4.71. The molecule has 2 aliphatic rings. The molecule has 2 N–H and O–H groups in total. The van der Waals surface area contributed by atoms with Crippen molar-refractivity contribution < 1.29 is 4.79 Å². The maximum Gasteiger partial charge on any atom is 0.227 e. The standard InChI is InChI=1S/C17H25N3O/c18-15-6-3-5-14(11-15)12-17(21)20-10-4-7-16(13-20)19-8-1-2-9-19/h3,5-6,11,16H,1-2,4,7-10,12-13,18H2. The molecule has 0 aromatic heterocycles. The molecule has 2 aliphatic heterocycles. The SMILES string of the molecule is Nc1cccc(CC(=O)N2CCCC(N3CCCC3)C2)c1. The number of nitrogens with two attached hydrogens (primary N) is 1. The minimum atomic E-state index is 0.240. The summed E-state index contributed by atoms with van der Waals surface area (Å²) in [4.78, 5) is 17.1. The van der Waals surface area contributed by atoms with Crippen LogP contribution in [-0.4, -0.2) is 47.9 Å². The van der Waals surface area contributed by atoms with Crippen LogP contribution in [0, 0.1) is 0 Å². The first-order valence-corrected chi connectivity index (χ1v) is 8.08. The number of hydrogen-bond donors (Lipinski definition) is 1. The van der Waals surface area contributed by atoms with Crippen LogP contribution in [0.15, 0.2) is 24.3 Å². The molecule has 2 fully saturated rings. The zero-order chi connectivity index (χ0) is 14.7. The van der Waals surface area contributed by atoms with Gasteiger partial charge in [-0.25, -0.2) is 0 Å². The summed E-state index contributed by atoms with van der Waals surface area (Å²) in [5.74, 6) is 0.240. The van der Waals surface area contributed by atoms with E-state index in [1.54, 1.807) is 0 Å². The lowest BCUT2D eigenvalue weighted by molar-refractivity contribution is -0.132. The summed E-state index contributed by atoms with van der Waals surface area (Å²) in [5, 5.41) is 0. The number of likely N-dealkylation sites (tertiary alicyclic amines) is 2. The van der Waals surface area contributed by atoms with E-state index in [1.807, 2.05) is 24.3 Å². The van der Waals surface area contributed by atoms with Gasteiger partial charge in [-0.05, 0) is 56.5 Å². The Bertz CT molecular complexity index is 497. The number of amides is 1. The van der Waals surface area contributed by atoms with Crippen LogP contribution in [-0.2, 0) is 11.2 Å². The Morgan fingerprint density at radius 1 is 1.19 bits per heavy atom. The lowest BCUT2D eigenvalue weighted by Gasteiger charge is -2.37. The summed E-state index contributed by atoms with van der Waals surface area (Å²) in [6.45, 7) is 4.23. The van der Waals surface area contributed by atoms with Gasteiger partial charge in [-0.15, -0.1) is 0 Å². The molecule has 114 valence electrons. The van der Waals surface area contributed by atoms with Crippen molar-refractivity contribution >= 4 is 11.6 Å². The van der Waals surface area contributed by atoms with Crippen LogP contribution in [0.2, 0.25) is 0 Å².